The molecule has 1 unspecified atom stereocenters. The van der Waals surface area contributed by atoms with Crippen LogP contribution in [-0.2, 0) is 0 Å². The number of aromatic nitrogens is 1. The Morgan fingerprint density at radius 3 is 2.31 bits per heavy atom. The summed E-state index contributed by atoms with van der Waals surface area (Å²) in [6.45, 7) is 1.65. The number of benzene rings is 3. The Labute approximate surface area is 210 Å². The molecule has 1 aromatic heterocycles. The molecule has 1 aliphatic rings. The molecule has 0 saturated heterocycles. The lowest BCUT2D eigenvalue weighted by Crippen LogP contribution is -2.22. The van der Waals surface area contributed by atoms with Gasteiger partial charge in [0.2, 0.25) is 0 Å². The van der Waals surface area contributed by atoms with Crippen molar-refractivity contribution in [2.75, 3.05) is 18.4 Å². The normalized spacial score (nSPS) is 13.4. The minimum atomic E-state index is -0.234. The van der Waals surface area contributed by atoms with Crippen molar-refractivity contribution in [3.05, 3.63) is 131 Å². The van der Waals surface area contributed by atoms with Crippen LogP contribution in [-0.4, -0.2) is 35.6 Å². The number of carbonyl (C=O) groups is 2. The van der Waals surface area contributed by atoms with E-state index in [9.17, 15) is 9.59 Å². The van der Waals surface area contributed by atoms with Gasteiger partial charge in [-0.3, -0.25) is 19.6 Å². The molecule has 0 fully saturated rings. The molecule has 1 aliphatic heterocycles. The second-order valence-corrected chi connectivity index (χ2v) is 8.62. The van der Waals surface area contributed by atoms with Gasteiger partial charge in [0.15, 0.2) is 5.78 Å². The molecule has 36 heavy (non-hydrogen) atoms. The molecule has 4 aromatic rings. The summed E-state index contributed by atoms with van der Waals surface area (Å²) in [5, 5.41) is 6.34. The Morgan fingerprint density at radius 2 is 1.58 bits per heavy atom. The van der Waals surface area contributed by atoms with Gasteiger partial charge in [0.1, 0.15) is 0 Å². The van der Waals surface area contributed by atoms with E-state index in [1.807, 2.05) is 54.6 Å². The van der Waals surface area contributed by atoms with Crippen molar-refractivity contribution in [2.24, 2.45) is 4.99 Å². The quantitative estimate of drug-likeness (QED) is 0.349. The van der Waals surface area contributed by atoms with Gasteiger partial charge in [-0.15, -0.1) is 0 Å². The zero-order valence-corrected chi connectivity index (χ0v) is 19.7. The van der Waals surface area contributed by atoms with Crippen molar-refractivity contribution in [3.8, 4) is 0 Å². The SMILES string of the molecule is O=C(Nc1cccc(C(CC2=NCCN2)c2ccccn2)c1)c1ccc(C(=O)c2ccccc2)cc1. The van der Waals surface area contributed by atoms with E-state index in [0.29, 0.717) is 28.8 Å². The molecule has 1 amide bonds. The fourth-order valence-electron chi connectivity index (χ4n) is 4.32. The highest BCUT2D eigenvalue weighted by Gasteiger charge is 2.20. The molecule has 6 nitrogen and oxygen atoms in total. The first-order valence-corrected chi connectivity index (χ1v) is 12.0. The lowest BCUT2D eigenvalue weighted by Gasteiger charge is -2.18. The van der Waals surface area contributed by atoms with Crippen molar-refractivity contribution in [1.29, 1.82) is 0 Å². The summed E-state index contributed by atoms with van der Waals surface area (Å²) >= 11 is 0. The molecular formula is C30H26N4O2. The summed E-state index contributed by atoms with van der Waals surface area (Å²) in [7, 11) is 0. The van der Waals surface area contributed by atoms with Crippen LogP contribution in [0.3, 0.4) is 0 Å². The van der Waals surface area contributed by atoms with E-state index in [2.05, 4.69) is 26.7 Å². The highest BCUT2D eigenvalue weighted by molar-refractivity contribution is 6.10. The molecule has 178 valence electrons. The second-order valence-electron chi connectivity index (χ2n) is 8.62. The summed E-state index contributed by atoms with van der Waals surface area (Å²) in [5.41, 5.74) is 4.34. The highest BCUT2D eigenvalue weighted by atomic mass is 16.1. The smallest absolute Gasteiger partial charge is 0.255 e. The third kappa shape index (κ3) is 5.39. The third-order valence-electron chi connectivity index (χ3n) is 6.18. The molecule has 3 aromatic carbocycles. The molecule has 2 N–H and O–H groups in total. The number of amides is 1. The van der Waals surface area contributed by atoms with E-state index >= 15 is 0 Å². The first-order valence-electron chi connectivity index (χ1n) is 12.0. The van der Waals surface area contributed by atoms with E-state index in [-0.39, 0.29) is 17.6 Å². The van der Waals surface area contributed by atoms with Crippen LogP contribution in [0.4, 0.5) is 5.69 Å². The van der Waals surface area contributed by atoms with Crippen LogP contribution in [0, 0.1) is 0 Å². The summed E-state index contributed by atoms with van der Waals surface area (Å²) in [5.74, 6) is 0.681. The number of ketones is 1. The second kappa shape index (κ2) is 10.8. The number of carbonyl (C=O) groups excluding carboxylic acids is 2. The lowest BCUT2D eigenvalue weighted by atomic mass is 9.91. The van der Waals surface area contributed by atoms with Crippen molar-refractivity contribution >= 4 is 23.2 Å². The Balaban J connectivity index is 1.33. The topological polar surface area (TPSA) is 83.4 Å². The molecule has 0 aliphatic carbocycles. The maximum absolute atomic E-state index is 13.0. The van der Waals surface area contributed by atoms with Gasteiger partial charge in [0.05, 0.1) is 12.4 Å². The molecule has 6 heteroatoms. The van der Waals surface area contributed by atoms with Crippen molar-refractivity contribution in [2.45, 2.75) is 12.3 Å². The summed E-state index contributed by atoms with van der Waals surface area (Å²) in [6, 6.07) is 29.6. The fraction of sp³-hybridized carbons (Fsp3) is 0.133. The Bertz CT molecular complexity index is 1380. The van der Waals surface area contributed by atoms with E-state index in [4.69, 9.17) is 0 Å². The van der Waals surface area contributed by atoms with Crippen LogP contribution in [0.5, 0.6) is 0 Å². The molecule has 5 rings (SSSR count). The van der Waals surface area contributed by atoms with Gasteiger partial charge in [-0.1, -0.05) is 60.7 Å². The molecule has 0 bridgehead atoms. The third-order valence-corrected chi connectivity index (χ3v) is 6.18. The number of pyridine rings is 1. The van der Waals surface area contributed by atoms with Gasteiger partial charge < -0.3 is 10.6 Å². The average molecular weight is 475 g/mol. The number of hydrogen-bond donors (Lipinski definition) is 2. The summed E-state index contributed by atoms with van der Waals surface area (Å²) in [6.07, 6.45) is 2.51. The highest BCUT2D eigenvalue weighted by Crippen LogP contribution is 2.29. The fourth-order valence-corrected chi connectivity index (χ4v) is 4.32. The average Bonchev–Trinajstić information content (AvgIpc) is 3.46. The molecule has 0 saturated carbocycles. The number of anilines is 1. The Morgan fingerprint density at radius 1 is 0.833 bits per heavy atom. The zero-order chi connectivity index (χ0) is 24.7. The standard InChI is InChI=1S/C30H26N4O2/c35-29(21-7-2-1-3-8-21)22-12-14-23(15-13-22)30(36)34-25-10-6-9-24(19-25)26(20-28-32-17-18-33-28)27-11-4-5-16-31-27/h1-16,19,26H,17-18,20H2,(H,32,33)(H,34,36). The van der Waals surface area contributed by atoms with Crippen LogP contribution in [0.25, 0.3) is 0 Å². The van der Waals surface area contributed by atoms with E-state index in [1.165, 1.54) is 0 Å². The van der Waals surface area contributed by atoms with Crippen molar-refractivity contribution < 1.29 is 9.59 Å². The van der Waals surface area contributed by atoms with Gasteiger partial charge >= 0.3 is 0 Å². The van der Waals surface area contributed by atoms with Crippen LogP contribution in [0.2, 0.25) is 0 Å². The van der Waals surface area contributed by atoms with Gasteiger partial charge in [-0.25, -0.2) is 0 Å². The van der Waals surface area contributed by atoms with Crippen LogP contribution >= 0.6 is 0 Å². The predicted molar refractivity (Wildman–Crippen MR) is 142 cm³/mol. The maximum atomic E-state index is 13.0. The summed E-state index contributed by atoms with van der Waals surface area (Å²) < 4.78 is 0. The minimum Gasteiger partial charge on any atom is -0.372 e. The van der Waals surface area contributed by atoms with Gasteiger partial charge in [0.25, 0.3) is 5.91 Å². The van der Waals surface area contributed by atoms with Crippen LogP contribution < -0.4 is 10.6 Å². The Kier molecular flexibility index (Phi) is 6.94. The van der Waals surface area contributed by atoms with E-state index in [0.717, 1.165) is 30.2 Å². The number of aliphatic imine (C=N–C) groups is 1. The van der Waals surface area contributed by atoms with Crippen LogP contribution in [0.1, 0.15) is 49.9 Å². The molecule has 2 heterocycles. The number of rotatable bonds is 8. The summed E-state index contributed by atoms with van der Waals surface area (Å²) in [4.78, 5) is 34.7. The molecule has 1 atom stereocenters. The number of nitrogens with one attached hydrogen (secondary N) is 2. The lowest BCUT2D eigenvalue weighted by molar-refractivity contribution is 0.102. The van der Waals surface area contributed by atoms with Gasteiger partial charge in [-0.05, 0) is 42.0 Å². The zero-order valence-electron chi connectivity index (χ0n) is 19.7. The van der Waals surface area contributed by atoms with Crippen LogP contribution in [0.15, 0.2) is 108 Å². The van der Waals surface area contributed by atoms with Gasteiger partial charge in [-0.2, -0.15) is 0 Å². The molecule has 0 spiro atoms. The Hall–Kier alpha value is -4.58. The number of nitrogens with zero attached hydrogens (tertiary/aromatic N) is 2. The van der Waals surface area contributed by atoms with E-state index < -0.39 is 0 Å². The van der Waals surface area contributed by atoms with Gasteiger partial charge in [0, 0.05) is 53.2 Å². The largest absolute Gasteiger partial charge is 0.372 e. The maximum Gasteiger partial charge on any atom is 0.255 e. The first-order chi connectivity index (χ1) is 17.7. The number of hydrogen-bond acceptors (Lipinski definition) is 5. The van der Waals surface area contributed by atoms with Crippen molar-refractivity contribution in [3.63, 3.8) is 0 Å². The number of amidine groups is 1. The predicted octanol–water partition coefficient (Wildman–Crippen LogP) is 5.09. The van der Waals surface area contributed by atoms with Crippen molar-refractivity contribution in [1.82, 2.24) is 10.3 Å². The molecular weight excluding hydrogens is 448 g/mol. The first kappa shape index (κ1) is 23.2. The van der Waals surface area contributed by atoms with E-state index in [1.54, 1.807) is 42.6 Å². The minimum absolute atomic E-state index is 0.00989. The molecule has 0 radical (unpaired) electrons. The monoisotopic (exact) mass is 474 g/mol.